The Morgan fingerprint density at radius 1 is 1.28 bits per heavy atom. The highest BCUT2D eigenvalue weighted by molar-refractivity contribution is 6.06. The highest BCUT2D eigenvalue weighted by Gasteiger charge is 2.40. The molecule has 1 aliphatic rings. The van der Waals surface area contributed by atoms with Crippen molar-refractivity contribution in [1.82, 2.24) is 5.32 Å². The topological polar surface area (TPSA) is 67.5 Å². The SMILES string of the molecule is CC1(c2ccc(C(F)(F)F)cc2)N=C(N)NC1=O. The quantitative estimate of drug-likeness (QED) is 0.797. The molecule has 3 N–H and O–H groups in total. The van der Waals surface area contributed by atoms with Gasteiger partial charge < -0.3 is 5.73 Å². The van der Waals surface area contributed by atoms with E-state index in [9.17, 15) is 18.0 Å². The summed E-state index contributed by atoms with van der Waals surface area (Å²) in [6, 6.07) is 4.28. The summed E-state index contributed by atoms with van der Waals surface area (Å²) in [6.07, 6.45) is -4.40. The highest BCUT2D eigenvalue weighted by atomic mass is 19.4. The summed E-state index contributed by atoms with van der Waals surface area (Å²) in [5, 5.41) is 2.32. The van der Waals surface area contributed by atoms with Crippen LogP contribution in [0.2, 0.25) is 0 Å². The molecule has 0 saturated heterocycles. The number of hydrogen-bond acceptors (Lipinski definition) is 3. The molecule has 4 nitrogen and oxygen atoms in total. The zero-order chi connectivity index (χ0) is 13.6. The van der Waals surface area contributed by atoms with Gasteiger partial charge in [-0.2, -0.15) is 13.2 Å². The van der Waals surface area contributed by atoms with Crippen molar-refractivity contribution in [2.75, 3.05) is 0 Å². The molecule has 0 bridgehead atoms. The molecule has 1 amide bonds. The van der Waals surface area contributed by atoms with Gasteiger partial charge in [-0.05, 0) is 24.6 Å². The summed E-state index contributed by atoms with van der Waals surface area (Å²) < 4.78 is 37.2. The maximum absolute atomic E-state index is 12.4. The lowest BCUT2D eigenvalue weighted by molar-refractivity contribution is -0.137. The first-order valence-electron chi connectivity index (χ1n) is 5.08. The van der Waals surface area contributed by atoms with Crippen molar-refractivity contribution in [1.29, 1.82) is 0 Å². The van der Waals surface area contributed by atoms with E-state index in [0.717, 1.165) is 12.1 Å². The number of rotatable bonds is 1. The minimum atomic E-state index is -4.40. The van der Waals surface area contributed by atoms with E-state index in [1.54, 1.807) is 0 Å². The molecule has 96 valence electrons. The van der Waals surface area contributed by atoms with E-state index in [1.807, 2.05) is 0 Å². The van der Waals surface area contributed by atoms with Gasteiger partial charge in [0.1, 0.15) is 0 Å². The average molecular weight is 257 g/mol. The van der Waals surface area contributed by atoms with Crippen LogP contribution in [0.25, 0.3) is 0 Å². The summed E-state index contributed by atoms with van der Waals surface area (Å²) in [5.41, 5.74) is 3.69. The van der Waals surface area contributed by atoms with Gasteiger partial charge in [0, 0.05) is 0 Å². The van der Waals surface area contributed by atoms with E-state index >= 15 is 0 Å². The van der Waals surface area contributed by atoms with Crippen LogP contribution in [0.1, 0.15) is 18.1 Å². The molecule has 1 aromatic rings. The van der Waals surface area contributed by atoms with Crippen LogP contribution in [0.15, 0.2) is 29.3 Å². The number of carbonyl (C=O) groups is 1. The van der Waals surface area contributed by atoms with Crippen LogP contribution < -0.4 is 11.1 Å². The van der Waals surface area contributed by atoms with Crippen molar-refractivity contribution in [3.8, 4) is 0 Å². The van der Waals surface area contributed by atoms with Crippen LogP contribution in [0, 0.1) is 0 Å². The van der Waals surface area contributed by atoms with Gasteiger partial charge in [-0.25, -0.2) is 4.99 Å². The molecule has 2 rings (SSSR count). The third-order valence-electron chi connectivity index (χ3n) is 2.80. The molecule has 0 radical (unpaired) electrons. The number of nitrogens with two attached hydrogens (primary N) is 1. The van der Waals surface area contributed by atoms with E-state index < -0.39 is 23.2 Å². The third-order valence-corrected chi connectivity index (χ3v) is 2.80. The molecule has 0 spiro atoms. The minimum absolute atomic E-state index is 0.0394. The minimum Gasteiger partial charge on any atom is -0.370 e. The largest absolute Gasteiger partial charge is 0.416 e. The fraction of sp³-hybridized carbons (Fsp3) is 0.273. The average Bonchev–Trinajstić information content (AvgIpc) is 2.53. The lowest BCUT2D eigenvalue weighted by atomic mass is 9.92. The molecule has 18 heavy (non-hydrogen) atoms. The molecule has 0 aromatic heterocycles. The Bertz CT molecular complexity index is 521. The first-order valence-corrected chi connectivity index (χ1v) is 5.08. The van der Waals surface area contributed by atoms with Crippen molar-refractivity contribution in [2.24, 2.45) is 10.7 Å². The molecular formula is C11H10F3N3O. The number of aliphatic imine (C=N–C) groups is 1. The smallest absolute Gasteiger partial charge is 0.370 e. The Balaban J connectivity index is 2.39. The summed E-state index contributed by atoms with van der Waals surface area (Å²) in [7, 11) is 0. The summed E-state index contributed by atoms with van der Waals surface area (Å²) in [4.78, 5) is 15.6. The highest BCUT2D eigenvalue weighted by Crippen LogP contribution is 2.33. The number of amides is 1. The normalized spacial score (nSPS) is 23.8. The lowest BCUT2D eigenvalue weighted by Crippen LogP contribution is -2.37. The summed E-state index contributed by atoms with van der Waals surface area (Å²) in [5.74, 6) is -0.498. The van der Waals surface area contributed by atoms with Crippen molar-refractivity contribution < 1.29 is 18.0 Å². The van der Waals surface area contributed by atoms with Gasteiger partial charge >= 0.3 is 6.18 Å². The second-order valence-electron chi connectivity index (χ2n) is 4.10. The number of hydrogen-bond donors (Lipinski definition) is 2. The predicted molar refractivity (Wildman–Crippen MR) is 58.6 cm³/mol. The van der Waals surface area contributed by atoms with E-state index in [2.05, 4.69) is 10.3 Å². The Kier molecular flexibility index (Phi) is 2.57. The van der Waals surface area contributed by atoms with Crippen molar-refractivity contribution in [3.05, 3.63) is 35.4 Å². The summed E-state index contributed by atoms with van der Waals surface area (Å²) in [6.45, 7) is 1.49. The van der Waals surface area contributed by atoms with Gasteiger partial charge in [-0.1, -0.05) is 12.1 Å². The number of guanidine groups is 1. The molecule has 1 unspecified atom stereocenters. The van der Waals surface area contributed by atoms with Crippen LogP contribution in [-0.2, 0) is 16.5 Å². The number of benzene rings is 1. The van der Waals surface area contributed by atoms with Crippen LogP contribution in [-0.4, -0.2) is 11.9 Å². The Morgan fingerprint density at radius 3 is 2.22 bits per heavy atom. The van der Waals surface area contributed by atoms with Gasteiger partial charge in [0.2, 0.25) is 0 Å². The molecule has 7 heteroatoms. The fourth-order valence-electron chi connectivity index (χ4n) is 1.74. The van der Waals surface area contributed by atoms with Gasteiger partial charge in [-0.3, -0.25) is 10.1 Å². The van der Waals surface area contributed by atoms with Crippen LogP contribution in [0.3, 0.4) is 0 Å². The second kappa shape index (κ2) is 3.72. The number of halogens is 3. The van der Waals surface area contributed by atoms with Crippen molar-refractivity contribution in [2.45, 2.75) is 18.6 Å². The number of alkyl halides is 3. The van der Waals surface area contributed by atoms with E-state index in [4.69, 9.17) is 5.73 Å². The van der Waals surface area contributed by atoms with Crippen LogP contribution in [0.4, 0.5) is 13.2 Å². The molecule has 1 aromatic carbocycles. The van der Waals surface area contributed by atoms with Gasteiger partial charge in [0.15, 0.2) is 11.5 Å². The molecule has 0 saturated carbocycles. The molecule has 0 aliphatic carbocycles. The van der Waals surface area contributed by atoms with Crippen LogP contribution >= 0.6 is 0 Å². The Labute approximate surface area is 101 Å². The van der Waals surface area contributed by atoms with Gasteiger partial charge in [0.05, 0.1) is 5.56 Å². The Morgan fingerprint density at radius 2 is 1.83 bits per heavy atom. The maximum Gasteiger partial charge on any atom is 0.416 e. The molecular weight excluding hydrogens is 247 g/mol. The molecule has 0 fully saturated rings. The Hall–Kier alpha value is -2.05. The standard InChI is InChI=1S/C11H10F3N3O/c1-10(8(18)16-9(15)17-10)6-2-4-7(5-3-6)11(12,13)14/h2-5H,1H3,(H3,15,16,17,18). The van der Waals surface area contributed by atoms with Gasteiger partial charge in [0.25, 0.3) is 5.91 Å². The number of nitrogens with zero attached hydrogens (tertiary/aromatic N) is 1. The number of carbonyl (C=O) groups excluding carboxylic acids is 1. The zero-order valence-electron chi connectivity index (χ0n) is 9.38. The van der Waals surface area contributed by atoms with E-state index in [0.29, 0.717) is 5.56 Å². The van der Waals surface area contributed by atoms with Gasteiger partial charge in [-0.15, -0.1) is 0 Å². The lowest BCUT2D eigenvalue weighted by Gasteiger charge is -2.18. The van der Waals surface area contributed by atoms with E-state index in [-0.39, 0.29) is 5.96 Å². The van der Waals surface area contributed by atoms with Crippen molar-refractivity contribution >= 4 is 11.9 Å². The van der Waals surface area contributed by atoms with Crippen molar-refractivity contribution in [3.63, 3.8) is 0 Å². The number of nitrogens with one attached hydrogen (secondary N) is 1. The fourth-order valence-corrected chi connectivity index (χ4v) is 1.74. The van der Waals surface area contributed by atoms with Crippen LogP contribution in [0.5, 0.6) is 0 Å². The molecule has 1 atom stereocenters. The molecule has 1 heterocycles. The first-order chi connectivity index (χ1) is 8.23. The predicted octanol–water partition coefficient (Wildman–Crippen LogP) is 1.37. The monoisotopic (exact) mass is 257 g/mol. The zero-order valence-corrected chi connectivity index (χ0v) is 9.38. The van der Waals surface area contributed by atoms with E-state index in [1.165, 1.54) is 19.1 Å². The summed E-state index contributed by atoms with van der Waals surface area (Å²) >= 11 is 0. The maximum atomic E-state index is 12.4. The third kappa shape index (κ3) is 1.92. The molecule has 1 aliphatic heterocycles. The second-order valence-corrected chi connectivity index (χ2v) is 4.10. The first kappa shape index (κ1) is 12.4.